The maximum absolute atomic E-state index is 12.0. The van der Waals surface area contributed by atoms with Crippen LogP contribution in [-0.2, 0) is 22.4 Å². The van der Waals surface area contributed by atoms with E-state index in [1.54, 1.807) is 18.4 Å². The predicted molar refractivity (Wildman–Crippen MR) is 93.6 cm³/mol. The Morgan fingerprint density at radius 2 is 2.33 bits per heavy atom. The molecule has 2 aromatic rings. The summed E-state index contributed by atoms with van der Waals surface area (Å²) in [6.07, 6.45) is 4.79. The molecular formula is C17H23N3O3S. The van der Waals surface area contributed by atoms with E-state index in [9.17, 15) is 4.79 Å². The Labute approximate surface area is 145 Å². The molecule has 2 aromatic heterocycles. The van der Waals surface area contributed by atoms with E-state index in [-0.39, 0.29) is 18.6 Å². The standard InChI is InChI=1S/C17H23N3O3S/c1-10-4-5-12-13(6-10)24-17-15(12)16(18-9-19-17)23-8-14(21)20-11(2)7-22-3/h9-11H,4-8H2,1-3H3,(H,20,21). The molecule has 2 atom stereocenters. The van der Waals surface area contributed by atoms with E-state index in [1.807, 2.05) is 6.92 Å². The van der Waals surface area contributed by atoms with Crippen LogP contribution in [0, 0.1) is 5.92 Å². The molecule has 0 saturated carbocycles. The number of aromatic nitrogens is 2. The van der Waals surface area contributed by atoms with Crippen molar-refractivity contribution in [3.8, 4) is 5.88 Å². The molecule has 0 aromatic carbocycles. The number of fused-ring (bicyclic) bond motifs is 3. The number of nitrogens with one attached hydrogen (secondary N) is 1. The molecule has 0 bridgehead atoms. The number of methoxy groups -OCH3 is 1. The first-order valence-corrected chi connectivity index (χ1v) is 9.06. The highest BCUT2D eigenvalue weighted by Gasteiger charge is 2.24. The summed E-state index contributed by atoms with van der Waals surface area (Å²) in [5.74, 6) is 1.04. The summed E-state index contributed by atoms with van der Waals surface area (Å²) in [4.78, 5) is 23.0. The Morgan fingerprint density at radius 3 is 3.12 bits per heavy atom. The zero-order chi connectivity index (χ0) is 17.1. The van der Waals surface area contributed by atoms with E-state index >= 15 is 0 Å². The van der Waals surface area contributed by atoms with Gasteiger partial charge in [0.1, 0.15) is 11.2 Å². The van der Waals surface area contributed by atoms with E-state index in [0.717, 1.165) is 23.1 Å². The van der Waals surface area contributed by atoms with Crippen molar-refractivity contribution in [2.75, 3.05) is 20.3 Å². The van der Waals surface area contributed by atoms with Crippen LogP contribution in [-0.4, -0.2) is 42.2 Å². The number of thiophene rings is 1. The van der Waals surface area contributed by atoms with Gasteiger partial charge in [0, 0.05) is 18.0 Å². The molecule has 3 rings (SSSR count). The van der Waals surface area contributed by atoms with Gasteiger partial charge < -0.3 is 14.8 Å². The summed E-state index contributed by atoms with van der Waals surface area (Å²) >= 11 is 1.72. The van der Waals surface area contributed by atoms with Gasteiger partial charge in [-0.05, 0) is 37.7 Å². The second-order valence-electron chi connectivity index (χ2n) is 6.42. The molecule has 130 valence electrons. The van der Waals surface area contributed by atoms with Crippen molar-refractivity contribution >= 4 is 27.5 Å². The Kier molecular flexibility index (Phi) is 5.30. The summed E-state index contributed by atoms with van der Waals surface area (Å²) < 4.78 is 10.7. The predicted octanol–water partition coefficient (Wildman–Crippen LogP) is 2.35. The Morgan fingerprint density at radius 1 is 1.50 bits per heavy atom. The van der Waals surface area contributed by atoms with Gasteiger partial charge in [-0.2, -0.15) is 0 Å². The monoisotopic (exact) mass is 349 g/mol. The summed E-state index contributed by atoms with van der Waals surface area (Å²) in [5.41, 5.74) is 1.30. The van der Waals surface area contributed by atoms with Crippen LogP contribution >= 0.6 is 11.3 Å². The first kappa shape index (κ1) is 17.1. The zero-order valence-corrected chi connectivity index (χ0v) is 15.1. The third-order valence-electron chi connectivity index (χ3n) is 4.22. The average molecular weight is 349 g/mol. The van der Waals surface area contributed by atoms with E-state index in [2.05, 4.69) is 22.2 Å². The number of aryl methyl sites for hydroxylation is 1. The van der Waals surface area contributed by atoms with Crippen LogP contribution in [0.2, 0.25) is 0 Å². The SMILES string of the molecule is COCC(C)NC(=O)COc1ncnc2sc3c(c12)CCC(C)C3. The lowest BCUT2D eigenvalue weighted by Crippen LogP contribution is -2.38. The smallest absolute Gasteiger partial charge is 0.258 e. The quantitative estimate of drug-likeness (QED) is 0.866. The van der Waals surface area contributed by atoms with E-state index in [1.165, 1.54) is 23.2 Å². The third kappa shape index (κ3) is 3.67. The molecular weight excluding hydrogens is 326 g/mol. The van der Waals surface area contributed by atoms with Gasteiger partial charge in [-0.1, -0.05) is 6.92 Å². The summed E-state index contributed by atoms with van der Waals surface area (Å²) in [5, 5.41) is 3.82. The molecule has 0 radical (unpaired) electrons. The second-order valence-corrected chi connectivity index (χ2v) is 7.51. The number of nitrogens with zero attached hydrogens (tertiary/aromatic N) is 2. The van der Waals surface area contributed by atoms with Crippen molar-refractivity contribution in [3.05, 3.63) is 16.8 Å². The van der Waals surface area contributed by atoms with Crippen LogP contribution in [0.15, 0.2) is 6.33 Å². The fourth-order valence-corrected chi connectivity index (χ4v) is 4.44. The number of rotatable bonds is 6. The second kappa shape index (κ2) is 7.44. The first-order valence-electron chi connectivity index (χ1n) is 8.24. The molecule has 0 spiro atoms. The van der Waals surface area contributed by atoms with Crippen LogP contribution in [0.3, 0.4) is 0 Å². The molecule has 1 aliphatic carbocycles. The van der Waals surface area contributed by atoms with Crippen molar-refractivity contribution in [1.29, 1.82) is 0 Å². The molecule has 0 fully saturated rings. The number of carbonyl (C=O) groups is 1. The van der Waals surface area contributed by atoms with Gasteiger partial charge in [0.15, 0.2) is 6.61 Å². The number of hydrogen-bond donors (Lipinski definition) is 1. The Bertz CT molecular complexity index is 731. The normalized spacial score (nSPS) is 18.2. The Hall–Kier alpha value is -1.73. The summed E-state index contributed by atoms with van der Waals surface area (Å²) in [6, 6.07) is -0.0492. The van der Waals surface area contributed by atoms with Crippen molar-refractivity contribution in [3.63, 3.8) is 0 Å². The van der Waals surface area contributed by atoms with Crippen molar-refractivity contribution in [2.45, 2.75) is 39.2 Å². The van der Waals surface area contributed by atoms with E-state index < -0.39 is 0 Å². The highest BCUT2D eigenvalue weighted by molar-refractivity contribution is 7.18. The molecule has 24 heavy (non-hydrogen) atoms. The van der Waals surface area contributed by atoms with Crippen LogP contribution < -0.4 is 10.1 Å². The minimum atomic E-state index is -0.177. The van der Waals surface area contributed by atoms with Crippen LogP contribution in [0.25, 0.3) is 10.2 Å². The summed E-state index contributed by atoms with van der Waals surface area (Å²) in [6.45, 7) is 4.59. The zero-order valence-electron chi connectivity index (χ0n) is 14.3. The number of hydrogen-bond acceptors (Lipinski definition) is 6. The lowest BCUT2D eigenvalue weighted by molar-refractivity contribution is -0.124. The molecule has 1 amide bonds. The Balaban J connectivity index is 1.74. The fraction of sp³-hybridized carbons (Fsp3) is 0.588. The number of carbonyl (C=O) groups excluding carboxylic acids is 1. The number of ether oxygens (including phenoxy) is 2. The molecule has 0 saturated heterocycles. The van der Waals surface area contributed by atoms with Crippen LogP contribution in [0.4, 0.5) is 0 Å². The van der Waals surface area contributed by atoms with Crippen molar-refractivity contribution in [2.24, 2.45) is 5.92 Å². The maximum Gasteiger partial charge on any atom is 0.258 e. The van der Waals surface area contributed by atoms with Gasteiger partial charge in [-0.25, -0.2) is 9.97 Å². The first-order chi connectivity index (χ1) is 11.6. The maximum atomic E-state index is 12.0. The topological polar surface area (TPSA) is 73.3 Å². The molecule has 1 aliphatic rings. The summed E-state index contributed by atoms with van der Waals surface area (Å²) in [7, 11) is 1.61. The fourth-order valence-electron chi connectivity index (χ4n) is 3.10. The van der Waals surface area contributed by atoms with Gasteiger partial charge >= 0.3 is 0 Å². The minimum absolute atomic E-state index is 0.0492. The highest BCUT2D eigenvalue weighted by Crippen LogP contribution is 2.40. The van der Waals surface area contributed by atoms with E-state index in [0.29, 0.717) is 18.4 Å². The van der Waals surface area contributed by atoms with Crippen molar-refractivity contribution in [1.82, 2.24) is 15.3 Å². The lowest BCUT2D eigenvalue weighted by atomic mass is 9.89. The van der Waals surface area contributed by atoms with Crippen LogP contribution in [0.5, 0.6) is 5.88 Å². The van der Waals surface area contributed by atoms with Gasteiger partial charge in [-0.3, -0.25) is 4.79 Å². The molecule has 2 unspecified atom stereocenters. The third-order valence-corrected chi connectivity index (χ3v) is 5.38. The molecule has 7 heteroatoms. The molecule has 1 N–H and O–H groups in total. The van der Waals surface area contributed by atoms with Crippen LogP contribution in [0.1, 0.15) is 30.7 Å². The number of amides is 1. The highest BCUT2D eigenvalue weighted by atomic mass is 32.1. The van der Waals surface area contributed by atoms with E-state index in [4.69, 9.17) is 9.47 Å². The van der Waals surface area contributed by atoms with Gasteiger partial charge in [0.25, 0.3) is 5.91 Å². The molecule has 6 nitrogen and oxygen atoms in total. The van der Waals surface area contributed by atoms with Gasteiger partial charge in [0.05, 0.1) is 12.0 Å². The van der Waals surface area contributed by atoms with Gasteiger partial charge in [-0.15, -0.1) is 11.3 Å². The molecule has 2 heterocycles. The van der Waals surface area contributed by atoms with Crippen molar-refractivity contribution < 1.29 is 14.3 Å². The largest absolute Gasteiger partial charge is 0.467 e. The lowest BCUT2D eigenvalue weighted by Gasteiger charge is -2.18. The van der Waals surface area contributed by atoms with Gasteiger partial charge in [0.2, 0.25) is 5.88 Å². The average Bonchev–Trinajstić information content (AvgIpc) is 2.90. The molecule has 0 aliphatic heterocycles. The minimum Gasteiger partial charge on any atom is -0.467 e.